The van der Waals surface area contributed by atoms with Gasteiger partial charge in [0.1, 0.15) is 0 Å². The highest BCUT2D eigenvalue weighted by atomic mass is 19.3. The summed E-state index contributed by atoms with van der Waals surface area (Å²) in [4.78, 5) is 4.16. The van der Waals surface area contributed by atoms with E-state index in [1.165, 1.54) is 0 Å². The Morgan fingerprint density at radius 1 is 1.00 bits per heavy atom. The van der Waals surface area contributed by atoms with Crippen LogP contribution in [-0.4, -0.2) is 55.0 Å². The fraction of sp³-hybridized carbons (Fsp3) is 1.00. The number of hydrogen-bond donors (Lipinski definition) is 0. The predicted molar refractivity (Wildman–Crippen MR) is 60.5 cm³/mol. The molecule has 1 saturated heterocycles. The van der Waals surface area contributed by atoms with E-state index < -0.39 is 6.43 Å². The number of piperazine rings is 1. The molecular formula is C11H24F2N2. The van der Waals surface area contributed by atoms with Crippen molar-refractivity contribution in [3.05, 3.63) is 0 Å². The van der Waals surface area contributed by atoms with Gasteiger partial charge in [0.15, 0.2) is 0 Å². The maximum atomic E-state index is 12.0. The molecule has 0 aromatic heterocycles. The van der Waals surface area contributed by atoms with Gasteiger partial charge in [-0.2, -0.15) is 0 Å². The molecule has 0 bridgehead atoms. The number of rotatable bonds is 3. The Morgan fingerprint density at radius 2 is 1.47 bits per heavy atom. The normalized spacial score (nSPS) is 19.2. The quantitative estimate of drug-likeness (QED) is 0.723. The summed E-state index contributed by atoms with van der Waals surface area (Å²) in [6, 6.07) is 0.536. The second-order valence-corrected chi connectivity index (χ2v) is 3.82. The minimum atomic E-state index is -2.19. The van der Waals surface area contributed by atoms with E-state index in [1.807, 2.05) is 18.7 Å². The van der Waals surface area contributed by atoms with Gasteiger partial charge in [-0.25, -0.2) is 8.78 Å². The lowest BCUT2D eigenvalue weighted by atomic mass is 10.2. The minimum Gasteiger partial charge on any atom is -0.298 e. The molecule has 15 heavy (non-hydrogen) atoms. The van der Waals surface area contributed by atoms with E-state index in [2.05, 4.69) is 18.7 Å². The van der Waals surface area contributed by atoms with Gasteiger partial charge in [-0.1, -0.05) is 13.8 Å². The molecule has 1 rings (SSSR count). The maximum absolute atomic E-state index is 12.0. The van der Waals surface area contributed by atoms with Crippen LogP contribution >= 0.6 is 0 Å². The Labute approximate surface area is 92.2 Å². The minimum absolute atomic E-state index is 0.0636. The molecule has 1 aliphatic heterocycles. The Bertz CT molecular complexity index is 144. The first-order valence-corrected chi connectivity index (χ1v) is 5.84. The molecule has 4 heteroatoms. The van der Waals surface area contributed by atoms with Gasteiger partial charge in [-0.05, 0) is 13.8 Å². The van der Waals surface area contributed by atoms with Crippen molar-refractivity contribution in [2.24, 2.45) is 0 Å². The summed E-state index contributed by atoms with van der Waals surface area (Å²) in [7, 11) is 0. The van der Waals surface area contributed by atoms with Crippen molar-refractivity contribution in [3.63, 3.8) is 0 Å². The van der Waals surface area contributed by atoms with Crippen LogP contribution in [0.1, 0.15) is 27.7 Å². The highest BCUT2D eigenvalue weighted by Crippen LogP contribution is 2.07. The van der Waals surface area contributed by atoms with E-state index in [0.29, 0.717) is 6.04 Å². The summed E-state index contributed by atoms with van der Waals surface area (Å²) in [5.74, 6) is 0. The second kappa shape index (κ2) is 7.99. The van der Waals surface area contributed by atoms with E-state index in [9.17, 15) is 8.78 Å². The molecule has 0 aromatic rings. The third-order valence-electron chi connectivity index (χ3n) is 2.53. The van der Waals surface area contributed by atoms with E-state index in [-0.39, 0.29) is 6.54 Å². The molecule has 0 radical (unpaired) electrons. The lowest BCUT2D eigenvalue weighted by Crippen LogP contribution is -2.49. The Morgan fingerprint density at radius 3 is 1.80 bits per heavy atom. The summed E-state index contributed by atoms with van der Waals surface area (Å²) < 4.78 is 24.0. The lowest BCUT2D eigenvalue weighted by molar-refractivity contribution is 0.0481. The topological polar surface area (TPSA) is 6.48 Å². The Kier molecular flexibility index (Phi) is 7.88. The third-order valence-corrected chi connectivity index (χ3v) is 2.53. The van der Waals surface area contributed by atoms with Gasteiger partial charge in [0, 0.05) is 32.2 Å². The van der Waals surface area contributed by atoms with Crippen LogP contribution in [0.25, 0.3) is 0 Å². The number of hydrogen-bond acceptors (Lipinski definition) is 2. The molecule has 1 fully saturated rings. The van der Waals surface area contributed by atoms with Gasteiger partial charge in [-0.3, -0.25) is 9.80 Å². The summed E-state index contributed by atoms with van der Waals surface area (Å²) >= 11 is 0. The predicted octanol–water partition coefficient (Wildman–Crippen LogP) is 2.30. The van der Waals surface area contributed by atoms with E-state index in [0.717, 1.165) is 26.2 Å². The highest BCUT2D eigenvalue weighted by Gasteiger charge is 2.20. The Hall–Kier alpha value is -0.220. The highest BCUT2D eigenvalue weighted by molar-refractivity contribution is 4.74. The van der Waals surface area contributed by atoms with Gasteiger partial charge in [0.2, 0.25) is 0 Å². The van der Waals surface area contributed by atoms with Crippen LogP contribution in [-0.2, 0) is 0 Å². The summed E-state index contributed by atoms with van der Waals surface area (Å²) in [5.41, 5.74) is 0. The first kappa shape index (κ1) is 14.8. The smallest absolute Gasteiger partial charge is 0.251 e. The fourth-order valence-electron chi connectivity index (χ4n) is 1.66. The average Bonchev–Trinajstić information content (AvgIpc) is 2.20. The standard InChI is InChI=1S/C9H18F2N2.C2H6/c1-8(2)13-5-3-12(4-6-13)7-9(10)11;1-2/h8-9H,3-7H2,1-2H3;1-2H3. The fourth-order valence-corrected chi connectivity index (χ4v) is 1.66. The van der Waals surface area contributed by atoms with Gasteiger partial charge >= 0.3 is 0 Å². The van der Waals surface area contributed by atoms with Crippen LogP contribution < -0.4 is 0 Å². The molecule has 0 saturated carbocycles. The molecule has 1 aliphatic rings. The van der Waals surface area contributed by atoms with E-state index in [1.54, 1.807) is 0 Å². The van der Waals surface area contributed by atoms with Crippen molar-refractivity contribution in [1.29, 1.82) is 0 Å². The molecule has 0 unspecified atom stereocenters. The zero-order chi connectivity index (χ0) is 11.8. The van der Waals surface area contributed by atoms with Gasteiger partial charge < -0.3 is 0 Å². The number of halogens is 2. The maximum Gasteiger partial charge on any atom is 0.251 e. The molecular weight excluding hydrogens is 198 g/mol. The van der Waals surface area contributed by atoms with Crippen molar-refractivity contribution in [1.82, 2.24) is 9.80 Å². The molecule has 0 amide bonds. The first-order chi connectivity index (χ1) is 7.09. The monoisotopic (exact) mass is 222 g/mol. The van der Waals surface area contributed by atoms with E-state index >= 15 is 0 Å². The molecule has 0 spiro atoms. The molecule has 0 atom stereocenters. The van der Waals surface area contributed by atoms with Crippen molar-refractivity contribution in [2.45, 2.75) is 40.2 Å². The van der Waals surface area contributed by atoms with Crippen molar-refractivity contribution >= 4 is 0 Å². The lowest BCUT2D eigenvalue weighted by Gasteiger charge is -2.36. The third kappa shape index (κ3) is 6.05. The molecule has 0 aliphatic carbocycles. The van der Waals surface area contributed by atoms with E-state index in [4.69, 9.17) is 0 Å². The number of nitrogens with zero attached hydrogens (tertiary/aromatic N) is 2. The zero-order valence-corrected chi connectivity index (χ0v) is 10.3. The zero-order valence-electron chi connectivity index (χ0n) is 10.3. The molecule has 2 nitrogen and oxygen atoms in total. The van der Waals surface area contributed by atoms with Crippen LogP contribution in [0, 0.1) is 0 Å². The van der Waals surface area contributed by atoms with Crippen molar-refractivity contribution in [3.8, 4) is 0 Å². The second-order valence-electron chi connectivity index (χ2n) is 3.82. The Balaban J connectivity index is 0.000000921. The van der Waals surface area contributed by atoms with Gasteiger partial charge in [-0.15, -0.1) is 0 Å². The van der Waals surface area contributed by atoms with Gasteiger partial charge in [0.25, 0.3) is 6.43 Å². The number of alkyl halides is 2. The largest absolute Gasteiger partial charge is 0.298 e. The van der Waals surface area contributed by atoms with Crippen LogP contribution in [0.5, 0.6) is 0 Å². The average molecular weight is 222 g/mol. The first-order valence-electron chi connectivity index (χ1n) is 5.84. The molecule has 0 aromatic carbocycles. The molecule has 1 heterocycles. The molecule has 92 valence electrons. The summed E-state index contributed by atoms with van der Waals surface area (Å²) in [6.07, 6.45) is -2.19. The van der Waals surface area contributed by atoms with Crippen LogP contribution in [0.15, 0.2) is 0 Å². The summed E-state index contributed by atoms with van der Waals surface area (Å²) in [5, 5.41) is 0. The van der Waals surface area contributed by atoms with Crippen molar-refractivity contribution in [2.75, 3.05) is 32.7 Å². The van der Waals surface area contributed by atoms with Crippen molar-refractivity contribution < 1.29 is 8.78 Å². The SMILES string of the molecule is CC.CC(C)N1CCN(CC(F)F)CC1. The summed E-state index contributed by atoms with van der Waals surface area (Å²) in [6.45, 7) is 11.6. The molecule has 0 N–H and O–H groups in total. The van der Waals surface area contributed by atoms with Gasteiger partial charge in [0.05, 0.1) is 6.54 Å². The van der Waals surface area contributed by atoms with Crippen LogP contribution in [0.2, 0.25) is 0 Å². The van der Waals surface area contributed by atoms with Crippen LogP contribution in [0.4, 0.5) is 8.78 Å². The van der Waals surface area contributed by atoms with Crippen LogP contribution in [0.3, 0.4) is 0 Å².